The molecule has 0 N–H and O–H groups in total. The first kappa shape index (κ1) is 13.6. The number of ether oxygens (including phenoxy) is 1. The monoisotopic (exact) mass is 251 g/mol. The number of carbonyl (C=O) groups excluding carboxylic acids is 1. The largest absolute Gasteiger partial charge is 0.377 e. The van der Waals surface area contributed by atoms with Gasteiger partial charge in [0, 0.05) is 12.5 Å². The van der Waals surface area contributed by atoms with Crippen molar-refractivity contribution >= 4 is 5.91 Å². The standard InChI is InChI=1S/C15H25NO2/c1-12(2)10-14-11-18-9-8-16(14)15(17)13-6-4-3-5-7-13/h3-4,12-14H,5-11H2,1-2H3/t13-,14+/m0/s1. The topological polar surface area (TPSA) is 29.5 Å². The number of carbonyl (C=O) groups is 1. The summed E-state index contributed by atoms with van der Waals surface area (Å²) >= 11 is 0. The molecule has 2 aliphatic rings. The molecule has 0 unspecified atom stereocenters. The highest BCUT2D eigenvalue weighted by Crippen LogP contribution is 2.24. The molecular formula is C15H25NO2. The van der Waals surface area contributed by atoms with Crippen molar-refractivity contribution in [2.75, 3.05) is 19.8 Å². The Morgan fingerprint density at radius 2 is 2.28 bits per heavy atom. The van der Waals surface area contributed by atoms with Gasteiger partial charge in [-0.2, -0.15) is 0 Å². The molecule has 1 amide bonds. The summed E-state index contributed by atoms with van der Waals surface area (Å²) in [7, 11) is 0. The molecule has 2 rings (SSSR count). The first-order chi connectivity index (χ1) is 8.68. The van der Waals surface area contributed by atoms with Gasteiger partial charge in [-0.25, -0.2) is 0 Å². The van der Waals surface area contributed by atoms with Gasteiger partial charge in [0.2, 0.25) is 5.91 Å². The molecule has 0 aromatic carbocycles. The zero-order chi connectivity index (χ0) is 13.0. The summed E-state index contributed by atoms with van der Waals surface area (Å²) in [6.07, 6.45) is 8.38. The Morgan fingerprint density at radius 1 is 1.44 bits per heavy atom. The Kier molecular flexibility index (Phi) is 4.81. The highest BCUT2D eigenvalue weighted by atomic mass is 16.5. The first-order valence-corrected chi connectivity index (χ1v) is 7.21. The highest BCUT2D eigenvalue weighted by molar-refractivity contribution is 5.79. The molecule has 3 nitrogen and oxygen atoms in total. The third-order valence-corrected chi connectivity index (χ3v) is 3.87. The lowest BCUT2D eigenvalue weighted by molar-refractivity contribution is -0.145. The normalized spacial score (nSPS) is 28.7. The maximum absolute atomic E-state index is 12.6. The SMILES string of the molecule is CC(C)C[C@@H]1COCCN1C(=O)[C@H]1CC=CCC1. The van der Waals surface area contributed by atoms with Crippen molar-refractivity contribution in [1.82, 2.24) is 4.90 Å². The molecule has 102 valence electrons. The molecule has 0 aromatic heterocycles. The molecule has 0 radical (unpaired) electrons. The number of nitrogens with zero attached hydrogens (tertiary/aromatic N) is 1. The molecule has 1 heterocycles. The molecule has 0 bridgehead atoms. The molecule has 1 aliphatic carbocycles. The van der Waals surface area contributed by atoms with E-state index in [1.54, 1.807) is 0 Å². The second-order valence-electron chi connectivity index (χ2n) is 5.87. The average Bonchev–Trinajstić information content (AvgIpc) is 2.39. The Balaban J connectivity index is 1.98. The van der Waals surface area contributed by atoms with Crippen molar-refractivity contribution < 1.29 is 9.53 Å². The van der Waals surface area contributed by atoms with Crippen molar-refractivity contribution in [3.63, 3.8) is 0 Å². The number of allylic oxidation sites excluding steroid dienone is 2. The number of morpholine rings is 1. The van der Waals surface area contributed by atoms with Gasteiger partial charge in [-0.3, -0.25) is 4.79 Å². The summed E-state index contributed by atoms with van der Waals surface area (Å²) in [4.78, 5) is 14.7. The zero-order valence-electron chi connectivity index (χ0n) is 11.6. The van der Waals surface area contributed by atoms with Gasteiger partial charge in [-0.05, 0) is 31.6 Å². The van der Waals surface area contributed by atoms with Crippen LogP contribution in [0.1, 0.15) is 39.5 Å². The van der Waals surface area contributed by atoms with E-state index in [9.17, 15) is 4.79 Å². The van der Waals surface area contributed by atoms with Crippen LogP contribution in [-0.4, -0.2) is 36.6 Å². The number of hydrogen-bond donors (Lipinski definition) is 0. The van der Waals surface area contributed by atoms with Crippen molar-refractivity contribution in [1.29, 1.82) is 0 Å². The van der Waals surface area contributed by atoms with E-state index >= 15 is 0 Å². The molecule has 1 fully saturated rings. The molecule has 0 aromatic rings. The molecule has 0 saturated carbocycles. The summed E-state index contributed by atoms with van der Waals surface area (Å²) < 4.78 is 5.54. The van der Waals surface area contributed by atoms with Crippen LogP contribution in [0, 0.1) is 11.8 Å². The number of hydrogen-bond acceptors (Lipinski definition) is 2. The van der Waals surface area contributed by atoms with Crippen LogP contribution in [0.2, 0.25) is 0 Å². The van der Waals surface area contributed by atoms with E-state index in [-0.39, 0.29) is 12.0 Å². The van der Waals surface area contributed by atoms with Crippen molar-refractivity contribution in [2.24, 2.45) is 11.8 Å². The quantitative estimate of drug-likeness (QED) is 0.722. The average molecular weight is 251 g/mol. The Labute approximate surface area is 110 Å². The van der Waals surface area contributed by atoms with Crippen molar-refractivity contribution in [3.05, 3.63) is 12.2 Å². The fourth-order valence-corrected chi connectivity index (χ4v) is 2.94. The van der Waals surface area contributed by atoms with Crippen molar-refractivity contribution in [2.45, 2.75) is 45.6 Å². The van der Waals surface area contributed by atoms with E-state index < -0.39 is 0 Å². The van der Waals surface area contributed by atoms with Gasteiger partial charge in [-0.1, -0.05) is 26.0 Å². The smallest absolute Gasteiger partial charge is 0.226 e. The van der Waals surface area contributed by atoms with Crippen LogP contribution in [-0.2, 0) is 9.53 Å². The molecule has 3 heteroatoms. The zero-order valence-corrected chi connectivity index (χ0v) is 11.6. The fourth-order valence-electron chi connectivity index (χ4n) is 2.94. The van der Waals surface area contributed by atoms with Crippen LogP contribution in [0.15, 0.2) is 12.2 Å². The maximum atomic E-state index is 12.6. The lowest BCUT2D eigenvalue weighted by Gasteiger charge is -2.38. The van der Waals surface area contributed by atoms with Gasteiger partial charge in [0.1, 0.15) is 0 Å². The van der Waals surface area contributed by atoms with E-state index in [0.717, 1.165) is 32.2 Å². The summed E-state index contributed by atoms with van der Waals surface area (Å²) in [5.41, 5.74) is 0. The molecule has 2 atom stereocenters. The predicted octanol–water partition coefficient (Wildman–Crippen LogP) is 2.62. The molecule has 1 aliphatic heterocycles. The van der Waals surface area contributed by atoms with E-state index in [0.29, 0.717) is 25.0 Å². The molecule has 0 spiro atoms. The second-order valence-corrected chi connectivity index (χ2v) is 5.87. The Hall–Kier alpha value is -0.830. The lowest BCUT2D eigenvalue weighted by Crippen LogP contribution is -2.51. The van der Waals surface area contributed by atoms with Gasteiger partial charge in [0.15, 0.2) is 0 Å². The fraction of sp³-hybridized carbons (Fsp3) is 0.800. The number of amides is 1. The summed E-state index contributed by atoms with van der Waals surface area (Å²) in [6, 6.07) is 0.289. The van der Waals surface area contributed by atoms with Gasteiger partial charge < -0.3 is 9.64 Å². The second kappa shape index (κ2) is 6.37. The van der Waals surface area contributed by atoms with Gasteiger partial charge >= 0.3 is 0 Å². The summed E-state index contributed by atoms with van der Waals surface area (Å²) in [5.74, 6) is 1.18. The minimum absolute atomic E-state index is 0.211. The molecule has 18 heavy (non-hydrogen) atoms. The molecule has 1 saturated heterocycles. The van der Waals surface area contributed by atoms with Gasteiger partial charge in [0.25, 0.3) is 0 Å². The summed E-state index contributed by atoms with van der Waals surface area (Å²) in [6.45, 7) is 6.60. The third kappa shape index (κ3) is 3.35. The van der Waals surface area contributed by atoms with Crippen molar-refractivity contribution in [3.8, 4) is 0 Å². The van der Waals surface area contributed by atoms with E-state index in [2.05, 4.69) is 30.9 Å². The third-order valence-electron chi connectivity index (χ3n) is 3.87. The minimum Gasteiger partial charge on any atom is -0.377 e. The van der Waals surface area contributed by atoms with E-state index in [4.69, 9.17) is 4.74 Å². The van der Waals surface area contributed by atoms with Crippen LogP contribution >= 0.6 is 0 Å². The van der Waals surface area contributed by atoms with E-state index in [1.165, 1.54) is 0 Å². The highest BCUT2D eigenvalue weighted by Gasteiger charge is 2.31. The number of rotatable bonds is 3. The minimum atomic E-state index is 0.211. The molecular weight excluding hydrogens is 226 g/mol. The summed E-state index contributed by atoms with van der Waals surface area (Å²) in [5, 5.41) is 0. The maximum Gasteiger partial charge on any atom is 0.226 e. The van der Waals surface area contributed by atoms with Crippen LogP contribution < -0.4 is 0 Å². The first-order valence-electron chi connectivity index (χ1n) is 7.21. The van der Waals surface area contributed by atoms with E-state index in [1.807, 2.05) is 0 Å². The van der Waals surface area contributed by atoms with Gasteiger partial charge in [-0.15, -0.1) is 0 Å². The van der Waals surface area contributed by atoms with Crippen LogP contribution in [0.4, 0.5) is 0 Å². The van der Waals surface area contributed by atoms with Gasteiger partial charge in [0.05, 0.1) is 19.3 Å². The van der Waals surface area contributed by atoms with Crippen LogP contribution in [0.3, 0.4) is 0 Å². The Bertz CT molecular complexity index is 312. The Morgan fingerprint density at radius 3 is 2.94 bits per heavy atom. The predicted molar refractivity (Wildman–Crippen MR) is 72.3 cm³/mol. The van der Waals surface area contributed by atoms with Crippen LogP contribution in [0.5, 0.6) is 0 Å². The van der Waals surface area contributed by atoms with Crippen LogP contribution in [0.25, 0.3) is 0 Å². The lowest BCUT2D eigenvalue weighted by atomic mass is 9.91.